The van der Waals surface area contributed by atoms with Crippen LogP contribution in [0.2, 0.25) is 0 Å². The van der Waals surface area contributed by atoms with Crippen LogP contribution in [0.4, 0.5) is 0 Å². The van der Waals surface area contributed by atoms with Crippen molar-refractivity contribution in [3.63, 3.8) is 0 Å². The van der Waals surface area contributed by atoms with Gasteiger partial charge in [0.1, 0.15) is 24.8 Å². The zero-order chi connectivity index (χ0) is 43.1. The number of aliphatic hydroxyl groups excluding tert-OH is 3. The number of aliphatic carboxylic acids is 1. The van der Waals surface area contributed by atoms with Gasteiger partial charge in [0.05, 0.1) is 37.5 Å². The highest BCUT2D eigenvalue weighted by molar-refractivity contribution is 6.10. The van der Waals surface area contributed by atoms with Gasteiger partial charge in [0.2, 0.25) is 23.6 Å². The molecule has 0 aliphatic carbocycles. The number of ketones is 3. The predicted molar refractivity (Wildman–Crippen MR) is 204 cm³/mol. The van der Waals surface area contributed by atoms with Crippen LogP contribution in [0, 0.1) is 11.8 Å². The molecule has 1 unspecified atom stereocenters. The minimum Gasteiger partial charge on any atom is -0.481 e. The number of allylic oxidation sites excluding steroid dienone is 1. The number of nitrogens with one attached hydrogen (secondary N) is 3. The van der Waals surface area contributed by atoms with E-state index in [0.717, 1.165) is 4.90 Å². The molecular formula is C38H53N7O13. The summed E-state index contributed by atoms with van der Waals surface area (Å²) in [4.78, 5) is 108. The molecule has 0 aromatic heterocycles. The molecule has 11 N–H and O–H groups in total. The van der Waals surface area contributed by atoms with E-state index in [1.807, 2.05) is 0 Å². The van der Waals surface area contributed by atoms with Crippen molar-refractivity contribution >= 4 is 52.9 Å². The van der Waals surface area contributed by atoms with E-state index in [2.05, 4.69) is 20.9 Å². The quantitative estimate of drug-likeness (QED) is 0.0254. The first-order valence-corrected chi connectivity index (χ1v) is 18.8. The fraction of sp³-hybridized carbons (Fsp3) is 0.553. The minimum absolute atomic E-state index is 0.0275. The Kier molecular flexibility index (Phi) is 18.1. The summed E-state index contributed by atoms with van der Waals surface area (Å²) in [5.41, 5.74) is 11.8. The van der Waals surface area contributed by atoms with Crippen molar-refractivity contribution < 1.29 is 63.5 Å². The van der Waals surface area contributed by atoms with E-state index in [-0.39, 0.29) is 49.5 Å². The lowest BCUT2D eigenvalue weighted by Crippen LogP contribution is -2.64. The van der Waals surface area contributed by atoms with E-state index < -0.39 is 128 Å². The van der Waals surface area contributed by atoms with E-state index in [1.165, 1.54) is 13.1 Å². The van der Waals surface area contributed by atoms with Gasteiger partial charge in [-0.25, -0.2) is 0 Å². The van der Waals surface area contributed by atoms with Crippen LogP contribution in [0.3, 0.4) is 0 Å². The third-order valence-corrected chi connectivity index (χ3v) is 9.72. The number of hydrogen-bond donors (Lipinski definition) is 9. The highest BCUT2D eigenvalue weighted by Crippen LogP contribution is 2.23. The van der Waals surface area contributed by atoms with Gasteiger partial charge in [-0.05, 0) is 38.2 Å². The van der Waals surface area contributed by atoms with Crippen molar-refractivity contribution in [2.24, 2.45) is 28.3 Å². The van der Waals surface area contributed by atoms with E-state index in [9.17, 15) is 58.8 Å². The molecule has 20 heteroatoms. The van der Waals surface area contributed by atoms with Crippen LogP contribution < -0.4 is 27.4 Å². The highest BCUT2D eigenvalue weighted by atomic mass is 16.6. The summed E-state index contributed by atoms with van der Waals surface area (Å²) in [5.74, 6) is -8.96. The molecule has 318 valence electrons. The lowest BCUT2D eigenvalue weighted by molar-refractivity contribution is -0.247. The first-order chi connectivity index (χ1) is 27.4. The summed E-state index contributed by atoms with van der Waals surface area (Å²) in [6.07, 6.45) is -6.33. The molecule has 58 heavy (non-hydrogen) atoms. The van der Waals surface area contributed by atoms with E-state index >= 15 is 0 Å². The van der Waals surface area contributed by atoms with Gasteiger partial charge in [-0.1, -0.05) is 37.3 Å². The molecule has 2 aliphatic heterocycles. The number of hydrogen-bond acceptors (Lipinski definition) is 13. The molecule has 8 atom stereocenters. The first-order valence-electron chi connectivity index (χ1n) is 18.8. The van der Waals surface area contributed by atoms with Gasteiger partial charge in [-0.15, -0.1) is 0 Å². The Bertz CT molecular complexity index is 1730. The van der Waals surface area contributed by atoms with Crippen LogP contribution >= 0.6 is 0 Å². The lowest BCUT2D eigenvalue weighted by atomic mass is 9.90. The first kappa shape index (κ1) is 46.8. The lowest BCUT2D eigenvalue weighted by Gasteiger charge is -2.41. The number of rotatable bonds is 22. The van der Waals surface area contributed by atoms with Crippen molar-refractivity contribution in [3.8, 4) is 0 Å². The maximum absolute atomic E-state index is 13.9. The van der Waals surface area contributed by atoms with E-state index in [1.54, 1.807) is 37.3 Å². The minimum atomic E-state index is -1.74. The number of nitrogens with zero attached hydrogens (tertiary/aromatic N) is 2. The molecule has 4 amide bonds. The van der Waals surface area contributed by atoms with Gasteiger partial charge in [0.15, 0.2) is 29.6 Å². The summed E-state index contributed by atoms with van der Waals surface area (Å²) >= 11 is 0. The van der Waals surface area contributed by atoms with Gasteiger partial charge in [-0.3, -0.25) is 43.3 Å². The normalized spacial score (nSPS) is 22.1. The summed E-state index contributed by atoms with van der Waals surface area (Å²) in [6, 6.07) is 6.01. The van der Waals surface area contributed by atoms with Crippen LogP contribution in [0.1, 0.15) is 64.4 Å². The summed E-state index contributed by atoms with van der Waals surface area (Å²) in [6.45, 7) is 2.12. The fourth-order valence-electron chi connectivity index (χ4n) is 6.50. The number of ether oxygens (including phenoxy) is 1. The predicted octanol–water partition coefficient (Wildman–Crippen LogP) is -2.45. The largest absolute Gasteiger partial charge is 0.481 e. The Morgan fingerprint density at radius 3 is 2.29 bits per heavy atom. The van der Waals surface area contributed by atoms with Crippen LogP contribution in [0.25, 0.3) is 0 Å². The maximum Gasteiger partial charge on any atom is 0.304 e. The molecule has 2 aliphatic rings. The molecule has 1 saturated heterocycles. The number of carboxylic acids is 1. The van der Waals surface area contributed by atoms with Gasteiger partial charge in [0, 0.05) is 37.1 Å². The second-order valence-electron chi connectivity index (χ2n) is 14.3. The summed E-state index contributed by atoms with van der Waals surface area (Å²) in [7, 11) is 0. The second kappa shape index (κ2) is 22.4. The molecule has 20 nitrogen and oxygen atoms in total. The molecule has 2 heterocycles. The Balaban J connectivity index is 1.72. The summed E-state index contributed by atoms with van der Waals surface area (Å²) in [5, 5.41) is 47.9. The number of amides is 4. The number of carbonyl (C=O) groups is 8. The van der Waals surface area contributed by atoms with Crippen molar-refractivity contribution in [1.29, 1.82) is 0 Å². The standard InChI is InChI=1S/C38H53N7O13/c1-3-28-33(53)34(54)32(37(57)58-28)44-36(56)23(15-31(51)52)13-24(46)17-42-35(55)22(10-7-11-41-38(39)40)14-27(48)25(12-21-8-5-4-6-9-21)43-29(49)19-45-18-20(2)26(47)16-30(45)50/h4-6,8-9,18,22-23,25,28,32-34,37,53-54,57H,3,7,10-17,19H2,1-2H3,(H,42,55)(H,43,49)(H,44,56)(H,51,52)(H4,39,40,41)/t22-,23+,25+,28-,32?,33-,34-,37-/m1/s1. The third-order valence-electron chi connectivity index (χ3n) is 9.72. The number of guanidine groups is 1. The van der Waals surface area contributed by atoms with Crippen molar-refractivity contribution in [2.45, 2.75) is 102 Å². The Hall–Kier alpha value is -5.57. The zero-order valence-corrected chi connectivity index (χ0v) is 32.4. The number of carbonyl (C=O) groups excluding carboxylic acids is 7. The molecule has 0 spiro atoms. The SMILES string of the molecule is CC[C@H]1O[C@@H](O)C(NC(=O)[C@H](CC(=O)O)CC(=O)CNC(=O)[C@H](CCCN=C(N)N)CC(=O)[C@H](Cc2ccccc2)NC(=O)CN2C=C(C)C(=O)CC2=O)[C@@H](O)[C@@H]1O. The van der Waals surface area contributed by atoms with Gasteiger partial charge in [0.25, 0.3) is 0 Å². The monoisotopic (exact) mass is 815 g/mol. The Morgan fingerprint density at radius 1 is 0.966 bits per heavy atom. The van der Waals surface area contributed by atoms with Crippen molar-refractivity contribution in [1.82, 2.24) is 20.9 Å². The molecule has 1 aromatic carbocycles. The highest BCUT2D eigenvalue weighted by Gasteiger charge is 2.44. The van der Waals surface area contributed by atoms with Crippen molar-refractivity contribution in [3.05, 3.63) is 47.7 Å². The number of benzene rings is 1. The van der Waals surface area contributed by atoms with Crippen LogP contribution in [0.15, 0.2) is 47.1 Å². The van der Waals surface area contributed by atoms with Gasteiger partial charge >= 0.3 is 5.97 Å². The molecule has 1 fully saturated rings. The van der Waals surface area contributed by atoms with Crippen LogP contribution in [-0.2, 0) is 49.5 Å². The number of nitrogens with two attached hydrogens (primary N) is 2. The van der Waals surface area contributed by atoms with Crippen LogP contribution in [0.5, 0.6) is 0 Å². The molecular weight excluding hydrogens is 762 g/mol. The maximum atomic E-state index is 13.9. The fourth-order valence-corrected chi connectivity index (χ4v) is 6.50. The average molecular weight is 816 g/mol. The summed E-state index contributed by atoms with van der Waals surface area (Å²) < 4.78 is 5.25. The zero-order valence-electron chi connectivity index (χ0n) is 32.4. The van der Waals surface area contributed by atoms with Crippen molar-refractivity contribution in [2.75, 3.05) is 19.6 Å². The van der Waals surface area contributed by atoms with Crippen LogP contribution in [-0.4, -0.2) is 135 Å². The topological polar surface area (TPSA) is 330 Å². The van der Waals surface area contributed by atoms with E-state index in [0.29, 0.717) is 5.56 Å². The molecule has 0 saturated carbocycles. The molecule has 0 radical (unpaired) electrons. The smallest absolute Gasteiger partial charge is 0.304 e. The second-order valence-corrected chi connectivity index (χ2v) is 14.3. The number of aliphatic hydroxyl groups is 3. The molecule has 3 rings (SSSR count). The third kappa shape index (κ3) is 14.4. The average Bonchev–Trinajstić information content (AvgIpc) is 3.16. The number of Topliss-reactive ketones (excluding diaryl/α,β-unsaturated/α-hetero) is 3. The molecule has 1 aromatic rings. The van der Waals surface area contributed by atoms with Gasteiger partial charge < -0.3 is 57.5 Å². The number of aliphatic imine (C=N–C) groups is 1. The Morgan fingerprint density at radius 2 is 1.66 bits per heavy atom. The molecule has 0 bridgehead atoms. The Labute approximate surface area is 334 Å². The van der Waals surface area contributed by atoms with Gasteiger partial charge in [-0.2, -0.15) is 0 Å². The van der Waals surface area contributed by atoms with E-state index in [4.69, 9.17) is 16.2 Å². The number of carboxylic acid groups (broad SMARTS) is 1.